The minimum atomic E-state index is -3.86. The van der Waals surface area contributed by atoms with E-state index in [1.54, 1.807) is 47.4 Å². The van der Waals surface area contributed by atoms with Crippen LogP contribution in [0.4, 0.5) is 0 Å². The Balaban J connectivity index is 1.72. The summed E-state index contributed by atoms with van der Waals surface area (Å²) in [6.07, 6.45) is -0.225. The molecule has 0 spiro atoms. The van der Waals surface area contributed by atoms with Crippen molar-refractivity contribution in [1.82, 2.24) is 4.90 Å². The first-order valence-electron chi connectivity index (χ1n) is 7.98. The fraction of sp³-hybridized carbons (Fsp3) is 0.278. The number of carbonyl (C=O) groups is 1. The molecule has 1 fully saturated rings. The number of hydrogen-bond donors (Lipinski definition) is 0. The average Bonchev–Trinajstić information content (AvgIpc) is 2.63. The summed E-state index contributed by atoms with van der Waals surface area (Å²) in [4.78, 5) is 13.5. The molecule has 2 aromatic rings. The van der Waals surface area contributed by atoms with Gasteiger partial charge in [-0.3, -0.25) is 4.79 Å². The molecule has 3 rings (SSSR count). The molecule has 1 atom stereocenters. The van der Waals surface area contributed by atoms with Crippen molar-refractivity contribution < 1.29 is 22.1 Å². The third-order valence-electron chi connectivity index (χ3n) is 4.02. The molecule has 0 bridgehead atoms. The Morgan fingerprint density at radius 1 is 1.12 bits per heavy atom. The van der Waals surface area contributed by atoms with Crippen LogP contribution in [0.2, 0.25) is 0 Å². The molecule has 0 saturated carbocycles. The number of hydrogen-bond acceptors (Lipinski definition) is 5. The van der Waals surface area contributed by atoms with Gasteiger partial charge < -0.3 is 13.8 Å². The van der Waals surface area contributed by atoms with Crippen molar-refractivity contribution in [2.24, 2.45) is 0 Å². The van der Waals surface area contributed by atoms with Crippen molar-refractivity contribution in [2.75, 3.05) is 19.7 Å². The van der Waals surface area contributed by atoms with Crippen LogP contribution in [-0.2, 0) is 19.6 Å². The second-order valence-electron chi connectivity index (χ2n) is 5.65. The van der Waals surface area contributed by atoms with Crippen molar-refractivity contribution in [1.29, 1.82) is 0 Å². The van der Waals surface area contributed by atoms with Gasteiger partial charge in [-0.1, -0.05) is 30.3 Å². The van der Waals surface area contributed by atoms with Crippen LogP contribution in [0.1, 0.15) is 18.6 Å². The summed E-state index contributed by atoms with van der Waals surface area (Å²) < 4.78 is 35.2. The molecule has 1 aliphatic rings. The molecule has 25 heavy (non-hydrogen) atoms. The first-order valence-corrected chi connectivity index (χ1v) is 9.39. The van der Waals surface area contributed by atoms with Crippen molar-refractivity contribution in [2.45, 2.75) is 17.9 Å². The minimum absolute atomic E-state index is 0.0207. The Kier molecular flexibility index (Phi) is 5.06. The zero-order valence-corrected chi connectivity index (χ0v) is 14.6. The molecule has 132 valence electrons. The maximum Gasteiger partial charge on any atom is 0.339 e. The highest BCUT2D eigenvalue weighted by molar-refractivity contribution is 7.87. The van der Waals surface area contributed by atoms with E-state index >= 15 is 0 Å². The van der Waals surface area contributed by atoms with E-state index in [1.807, 2.05) is 6.92 Å². The summed E-state index contributed by atoms with van der Waals surface area (Å²) >= 11 is 0. The molecule has 1 amide bonds. The zero-order valence-electron chi connectivity index (χ0n) is 13.8. The molecule has 1 heterocycles. The number of nitrogens with zero attached hydrogens (tertiary/aromatic N) is 1. The zero-order chi connectivity index (χ0) is 17.9. The van der Waals surface area contributed by atoms with Crippen LogP contribution >= 0.6 is 0 Å². The Morgan fingerprint density at radius 3 is 2.44 bits per heavy atom. The van der Waals surface area contributed by atoms with Gasteiger partial charge in [0.2, 0.25) is 5.91 Å². The van der Waals surface area contributed by atoms with Crippen LogP contribution < -0.4 is 4.18 Å². The van der Waals surface area contributed by atoms with Crippen LogP contribution in [0.3, 0.4) is 0 Å². The number of rotatable bonds is 5. The third-order valence-corrected chi connectivity index (χ3v) is 5.28. The summed E-state index contributed by atoms with van der Waals surface area (Å²) in [5, 5.41) is 0. The molecule has 0 N–H and O–H groups in total. The van der Waals surface area contributed by atoms with Gasteiger partial charge >= 0.3 is 10.1 Å². The highest BCUT2D eigenvalue weighted by Gasteiger charge is 2.26. The second kappa shape index (κ2) is 7.25. The quantitative estimate of drug-likeness (QED) is 0.765. The molecule has 1 aliphatic heterocycles. The third kappa shape index (κ3) is 4.00. The number of amides is 1. The van der Waals surface area contributed by atoms with E-state index in [9.17, 15) is 13.2 Å². The lowest BCUT2D eigenvalue weighted by Crippen LogP contribution is -2.42. The van der Waals surface area contributed by atoms with Crippen LogP contribution in [0.5, 0.6) is 5.75 Å². The summed E-state index contributed by atoms with van der Waals surface area (Å²) in [6.45, 7) is 3.10. The highest BCUT2D eigenvalue weighted by Crippen LogP contribution is 2.26. The Bertz CT molecular complexity index is 834. The highest BCUT2D eigenvalue weighted by atomic mass is 32.2. The van der Waals surface area contributed by atoms with Crippen molar-refractivity contribution in [3.63, 3.8) is 0 Å². The van der Waals surface area contributed by atoms with Gasteiger partial charge in [0, 0.05) is 6.54 Å². The SMILES string of the molecule is CCN1CC(c2ccc(OS(=O)(=O)c3ccccc3)cc2)OCC1=O. The summed E-state index contributed by atoms with van der Waals surface area (Å²) in [5.74, 6) is 0.208. The van der Waals surface area contributed by atoms with Crippen LogP contribution in [0.15, 0.2) is 59.5 Å². The number of ether oxygens (including phenoxy) is 1. The Morgan fingerprint density at radius 2 is 1.80 bits per heavy atom. The maximum atomic E-state index is 12.2. The van der Waals surface area contributed by atoms with Crippen LogP contribution in [0, 0.1) is 0 Å². The van der Waals surface area contributed by atoms with Crippen LogP contribution in [0.25, 0.3) is 0 Å². The maximum absolute atomic E-state index is 12.2. The van der Waals surface area contributed by atoms with E-state index in [1.165, 1.54) is 12.1 Å². The lowest BCUT2D eigenvalue weighted by molar-refractivity contribution is -0.148. The van der Waals surface area contributed by atoms with Crippen LogP contribution in [-0.4, -0.2) is 38.9 Å². The van der Waals surface area contributed by atoms with Gasteiger partial charge in [0.05, 0.1) is 6.54 Å². The molecular formula is C18H19NO5S. The first-order chi connectivity index (χ1) is 12.0. The number of carbonyl (C=O) groups excluding carboxylic acids is 1. The predicted octanol–water partition coefficient (Wildman–Crippen LogP) is 2.37. The van der Waals surface area contributed by atoms with Gasteiger partial charge in [-0.25, -0.2) is 0 Å². The first kappa shape index (κ1) is 17.4. The molecule has 6 nitrogen and oxygen atoms in total. The largest absolute Gasteiger partial charge is 0.379 e. The molecule has 7 heteroatoms. The van der Waals surface area contributed by atoms with E-state index in [-0.39, 0.29) is 29.3 Å². The molecular weight excluding hydrogens is 342 g/mol. The summed E-state index contributed by atoms with van der Waals surface area (Å²) in [7, 11) is -3.86. The van der Waals surface area contributed by atoms with Gasteiger partial charge in [-0.05, 0) is 36.8 Å². The number of benzene rings is 2. The van der Waals surface area contributed by atoms with Crippen molar-refractivity contribution in [3.8, 4) is 5.75 Å². The second-order valence-corrected chi connectivity index (χ2v) is 7.20. The Labute approximate surface area is 147 Å². The van der Waals surface area contributed by atoms with Gasteiger partial charge in [0.25, 0.3) is 0 Å². The fourth-order valence-electron chi connectivity index (χ4n) is 2.62. The smallest absolute Gasteiger partial charge is 0.339 e. The van der Waals surface area contributed by atoms with Gasteiger partial charge in [0.15, 0.2) is 0 Å². The minimum Gasteiger partial charge on any atom is -0.379 e. The molecule has 0 radical (unpaired) electrons. The summed E-state index contributed by atoms with van der Waals surface area (Å²) in [6, 6.07) is 14.7. The van der Waals surface area contributed by atoms with E-state index in [0.717, 1.165) is 5.56 Å². The average molecular weight is 361 g/mol. The normalized spacial score (nSPS) is 18.2. The topological polar surface area (TPSA) is 72.9 Å². The fourth-order valence-corrected chi connectivity index (χ4v) is 3.58. The molecule has 2 aromatic carbocycles. The van der Waals surface area contributed by atoms with E-state index in [0.29, 0.717) is 13.1 Å². The Hall–Kier alpha value is -2.38. The van der Waals surface area contributed by atoms with Crippen molar-refractivity contribution >= 4 is 16.0 Å². The molecule has 1 unspecified atom stereocenters. The van der Waals surface area contributed by atoms with Gasteiger partial charge in [-0.2, -0.15) is 8.42 Å². The van der Waals surface area contributed by atoms with Gasteiger partial charge in [-0.15, -0.1) is 0 Å². The lowest BCUT2D eigenvalue weighted by Gasteiger charge is -2.32. The number of likely N-dealkylation sites (N-methyl/N-ethyl adjacent to an activating group) is 1. The summed E-state index contributed by atoms with van der Waals surface area (Å²) in [5.41, 5.74) is 0.871. The monoisotopic (exact) mass is 361 g/mol. The van der Waals surface area contributed by atoms with Gasteiger partial charge in [0.1, 0.15) is 23.4 Å². The van der Waals surface area contributed by atoms with Crippen molar-refractivity contribution in [3.05, 3.63) is 60.2 Å². The van der Waals surface area contributed by atoms with E-state index in [4.69, 9.17) is 8.92 Å². The predicted molar refractivity (Wildman–Crippen MR) is 91.6 cm³/mol. The number of morpholine rings is 1. The molecule has 1 saturated heterocycles. The van der Waals surface area contributed by atoms with E-state index < -0.39 is 10.1 Å². The lowest BCUT2D eigenvalue weighted by atomic mass is 10.1. The molecule has 0 aromatic heterocycles. The standard InChI is InChI=1S/C18H19NO5S/c1-2-19-12-17(23-13-18(19)20)14-8-10-15(11-9-14)24-25(21,22)16-6-4-3-5-7-16/h3-11,17H,2,12-13H2,1H3. The van der Waals surface area contributed by atoms with E-state index in [2.05, 4.69) is 0 Å². The molecule has 0 aliphatic carbocycles.